The summed E-state index contributed by atoms with van der Waals surface area (Å²) in [4.78, 5) is 0. The van der Waals surface area contributed by atoms with Crippen molar-refractivity contribution in [1.29, 1.82) is 0 Å². The van der Waals surface area contributed by atoms with Crippen LogP contribution < -0.4 is 0 Å². The topological polar surface area (TPSA) is 9.23 Å². The van der Waals surface area contributed by atoms with E-state index in [1.807, 2.05) is 0 Å². The van der Waals surface area contributed by atoms with Gasteiger partial charge in [-0.2, -0.15) is 0 Å². The van der Waals surface area contributed by atoms with Crippen molar-refractivity contribution in [2.75, 3.05) is 0 Å². The molecule has 0 fully saturated rings. The quantitative estimate of drug-likeness (QED) is 0.535. The van der Waals surface area contributed by atoms with Gasteiger partial charge < -0.3 is 4.43 Å². The Morgan fingerprint density at radius 3 is 1.56 bits per heavy atom. The molecule has 0 aliphatic carbocycles. The lowest BCUT2D eigenvalue weighted by atomic mass is 10.1. The second kappa shape index (κ2) is 5.80. The Hall–Kier alpha value is 0.394. The lowest BCUT2D eigenvalue weighted by Crippen LogP contribution is -2.59. The lowest BCUT2D eigenvalue weighted by molar-refractivity contribution is 0.157. The zero-order valence-corrected chi connectivity index (χ0v) is 16.5. The summed E-state index contributed by atoms with van der Waals surface area (Å²) in [5.41, 5.74) is 0. The fraction of sp³-hybridized carbons (Fsp3) is 1.00. The summed E-state index contributed by atoms with van der Waals surface area (Å²) in [5, 5.41) is 0.447. The van der Waals surface area contributed by atoms with Gasteiger partial charge in [-0.15, -0.1) is 0 Å². The zero-order chi connectivity index (χ0) is 14.8. The van der Waals surface area contributed by atoms with E-state index in [2.05, 4.69) is 68.1 Å². The highest BCUT2D eigenvalue weighted by Crippen LogP contribution is 2.46. The van der Waals surface area contributed by atoms with Crippen LogP contribution in [0.3, 0.4) is 0 Å². The molecular formula is C15H36OSi2. The predicted molar refractivity (Wildman–Crippen MR) is 89.6 cm³/mol. The third-order valence-electron chi connectivity index (χ3n) is 5.98. The number of rotatable bonds is 7. The van der Waals surface area contributed by atoms with E-state index < -0.39 is 16.4 Å². The molecule has 0 N–H and O–H groups in total. The van der Waals surface area contributed by atoms with E-state index >= 15 is 0 Å². The highest BCUT2D eigenvalue weighted by Gasteiger charge is 2.49. The first-order valence-corrected chi connectivity index (χ1v) is 13.4. The highest BCUT2D eigenvalue weighted by atomic mass is 28.4. The number of hydrogen-bond acceptors (Lipinski definition) is 1. The molecule has 18 heavy (non-hydrogen) atoms. The van der Waals surface area contributed by atoms with E-state index in [0.717, 1.165) is 0 Å². The summed E-state index contributed by atoms with van der Waals surface area (Å²) in [7, 11) is -2.99. The summed E-state index contributed by atoms with van der Waals surface area (Å²) < 4.78 is 6.89. The van der Waals surface area contributed by atoms with Crippen molar-refractivity contribution in [2.24, 2.45) is 0 Å². The van der Waals surface area contributed by atoms with E-state index in [1.54, 1.807) is 0 Å². The van der Waals surface area contributed by atoms with Gasteiger partial charge in [0, 0.05) is 5.22 Å². The Labute approximate surface area is 118 Å². The van der Waals surface area contributed by atoms with Crippen molar-refractivity contribution in [3.63, 3.8) is 0 Å². The van der Waals surface area contributed by atoms with Crippen LogP contribution in [-0.4, -0.2) is 21.6 Å². The van der Waals surface area contributed by atoms with Gasteiger partial charge in [-0.1, -0.05) is 60.2 Å². The van der Waals surface area contributed by atoms with Crippen LogP contribution in [0.15, 0.2) is 0 Å². The van der Waals surface area contributed by atoms with Crippen molar-refractivity contribution in [1.82, 2.24) is 0 Å². The normalized spacial score (nSPS) is 17.7. The molecule has 0 saturated heterocycles. The summed E-state index contributed by atoms with van der Waals surface area (Å²) in [6, 6.07) is 2.51. The lowest BCUT2D eigenvalue weighted by Gasteiger charge is -2.50. The van der Waals surface area contributed by atoms with Crippen LogP contribution in [0, 0.1) is 0 Å². The molecule has 0 aromatic carbocycles. The van der Waals surface area contributed by atoms with Crippen LogP contribution in [-0.2, 0) is 4.43 Å². The molecule has 110 valence electrons. The molecule has 0 radical (unpaired) electrons. The molecule has 0 saturated carbocycles. The van der Waals surface area contributed by atoms with Gasteiger partial charge in [0.25, 0.3) is 0 Å². The Kier molecular flexibility index (Phi) is 5.93. The van der Waals surface area contributed by atoms with E-state index in [0.29, 0.717) is 5.04 Å². The molecule has 0 aliphatic rings. The third-order valence-corrected chi connectivity index (χ3v) is 16.8. The highest BCUT2D eigenvalue weighted by molar-refractivity contribution is 6.82. The summed E-state index contributed by atoms with van der Waals surface area (Å²) in [5.74, 6) is 0. The molecule has 0 aromatic heterocycles. The first-order valence-electron chi connectivity index (χ1n) is 7.59. The maximum Gasteiger partial charge on any atom is 0.195 e. The second-order valence-electron chi connectivity index (χ2n) is 7.67. The van der Waals surface area contributed by atoms with Gasteiger partial charge in [-0.3, -0.25) is 0 Å². The van der Waals surface area contributed by atoms with Gasteiger partial charge in [0.15, 0.2) is 8.32 Å². The van der Waals surface area contributed by atoms with Crippen LogP contribution in [0.4, 0.5) is 0 Å². The first-order chi connectivity index (χ1) is 7.89. The summed E-state index contributed by atoms with van der Waals surface area (Å²) in [6.07, 6.45) is 1.22. The molecule has 1 unspecified atom stereocenters. The van der Waals surface area contributed by atoms with E-state index in [1.165, 1.54) is 18.5 Å². The average molecular weight is 289 g/mol. The fourth-order valence-electron chi connectivity index (χ4n) is 2.19. The molecule has 0 amide bonds. The van der Waals surface area contributed by atoms with Crippen LogP contribution >= 0.6 is 0 Å². The zero-order valence-electron chi connectivity index (χ0n) is 14.5. The Morgan fingerprint density at radius 1 is 0.833 bits per heavy atom. The van der Waals surface area contributed by atoms with E-state index in [4.69, 9.17) is 4.43 Å². The monoisotopic (exact) mass is 288 g/mol. The van der Waals surface area contributed by atoms with Crippen LogP contribution in [0.1, 0.15) is 54.9 Å². The summed E-state index contributed by atoms with van der Waals surface area (Å²) in [6.45, 7) is 23.8. The minimum atomic E-state index is -1.68. The minimum Gasteiger partial charge on any atom is -0.414 e. The van der Waals surface area contributed by atoms with Gasteiger partial charge in [0.1, 0.15) is 0 Å². The molecule has 0 bridgehead atoms. The minimum absolute atomic E-state index is 0.0885. The molecule has 0 aromatic rings. The van der Waals surface area contributed by atoms with Crippen molar-refractivity contribution < 1.29 is 4.43 Å². The van der Waals surface area contributed by atoms with E-state index in [9.17, 15) is 0 Å². The Bertz CT molecular complexity index is 272. The van der Waals surface area contributed by atoms with Crippen molar-refractivity contribution >= 4 is 16.4 Å². The standard InChI is InChI=1S/C15H36OSi2/c1-11-14(4,5)18(10,13-3)16-15(6,7)17(8,9)12-2/h11-13H2,1-10H3. The molecule has 1 atom stereocenters. The Morgan fingerprint density at radius 2 is 1.28 bits per heavy atom. The smallest absolute Gasteiger partial charge is 0.195 e. The van der Waals surface area contributed by atoms with Crippen LogP contribution in [0.25, 0.3) is 0 Å². The maximum absolute atomic E-state index is 6.89. The maximum atomic E-state index is 6.89. The number of hydrogen-bond donors (Lipinski definition) is 0. The Balaban J connectivity index is 5.27. The van der Waals surface area contributed by atoms with Gasteiger partial charge in [-0.25, -0.2) is 0 Å². The van der Waals surface area contributed by atoms with Gasteiger partial charge in [0.05, 0.1) is 8.07 Å². The van der Waals surface area contributed by atoms with Crippen molar-refractivity contribution in [2.45, 2.75) is 96.9 Å². The predicted octanol–water partition coefficient (Wildman–Crippen LogP) is 5.83. The van der Waals surface area contributed by atoms with Crippen molar-refractivity contribution in [3.05, 3.63) is 0 Å². The van der Waals surface area contributed by atoms with Gasteiger partial charge >= 0.3 is 0 Å². The molecule has 0 rings (SSSR count). The van der Waals surface area contributed by atoms with E-state index in [-0.39, 0.29) is 5.22 Å². The van der Waals surface area contributed by atoms with Gasteiger partial charge in [-0.05, 0) is 31.5 Å². The van der Waals surface area contributed by atoms with Crippen molar-refractivity contribution in [3.8, 4) is 0 Å². The fourth-order valence-corrected chi connectivity index (χ4v) is 8.07. The largest absolute Gasteiger partial charge is 0.414 e. The first kappa shape index (κ1) is 18.4. The molecule has 0 aliphatic heterocycles. The molecule has 0 spiro atoms. The molecule has 1 nitrogen and oxygen atoms in total. The molecular weight excluding hydrogens is 252 g/mol. The molecule has 0 heterocycles. The van der Waals surface area contributed by atoms with Crippen LogP contribution in [0.5, 0.6) is 0 Å². The average Bonchev–Trinajstić information content (AvgIpc) is 2.27. The summed E-state index contributed by atoms with van der Waals surface area (Å²) >= 11 is 0. The third kappa shape index (κ3) is 3.48. The van der Waals surface area contributed by atoms with Crippen LogP contribution in [0.2, 0.25) is 36.8 Å². The second-order valence-corrected chi connectivity index (χ2v) is 18.1. The SMILES string of the molecule is CCC(C)(C)[Si](C)(CC)OC(C)(C)[Si](C)(C)CC. The molecule has 3 heteroatoms. The van der Waals surface area contributed by atoms with Gasteiger partial charge in [0.2, 0.25) is 0 Å².